The van der Waals surface area contributed by atoms with E-state index in [1.54, 1.807) is 0 Å². The monoisotopic (exact) mass is 294 g/mol. The van der Waals surface area contributed by atoms with Crippen LogP contribution in [-0.4, -0.2) is 17.2 Å². The third-order valence-corrected chi connectivity index (χ3v) is 2.58. The average Bonchev–Trinajstić information content (AvgIpc) is 2.23. The molecular weight excluding hydrogens is 286 g/mol. The van der Waals surface area contributed by atoms with E-state index in [0.29, 0.717) is 0 Å². The van der Waals surface area contributed by atoms with Gasteiger partial charge in [0, 0.05) is 0 Å². The Balaban J connectivity index is 2.81. The molecule has 0 fully saturated rings. The van der Waals surface area contributed by atoms with Gasteiger partial charge in [0.05, 0.1) is 16.6 Å². The first-order valence-corrected chi connectivity index (χ1v) is 5.19. The molecule has 0 spiro atoms. The maximum atomic E-state index is 13.4. The van der Waals surface area contributed by atoms with Crippen molar-refractivity contribution in [3.8, 4) is 0 Å². The fourth-order valence-corrected chi connectivity index (χ4v) is 1.35. The van der Waals surface area contributed by atoms with Crippen LogP contribution in [0, 0.1) is 11.6 Å². The van der Waals surface area contributed by atoms with Crippen molar-refractivity contribution in [2.75, 3.05) is 0 Å². The second kappa shape index (κ2) is 5.36. The molecular formula is C10H9BrF2O3. The van der Waals surface area contributed by atoms with Crippen LogP contribution in [0.25, 0.3) is 0 Å². The number of carboxylic acid groups (broad SMARTS) is 1. The second-order valence-corrected chi connectivity index (χ2v) is 3.97. The van der Waals surface area contributed by atoms with Crippen LogP contribution in [0.5, 0.6) is 0 Å². The molecule has 0 saturated carbocycles. The van der Waals surface area contributed by atoms with Crippen LogP contribution >= 0.6 is 15.9 Å². The highest BCUT2D eigenvalue weighted by atomic mass is 79.9. The van der Waals surface area contributed by atoms with Crippen LogP contribution in [0.1, 0.15) is 12.5 Å². The second-order valence-electron chi connectivity index (χ2n) is 3.11. The number of carbonyl (C=O) groups is 1. The average molecular weight is 295 g/mol. The minimum Gasteiger partial charge on any atom is -0.479 e. The molecule has 0 saturated heterocycles. The molecule has 0 unspecified atom stereocenters. The molecule has 3 nitrogen and oxygen atoms in total. The zero-order valence-electron chi connectivity index (χ0n) is 8.34. The Kier molecular flexibility index (Phi) is 4.37. The lowest BCUT2D eigenvalue weighted by Crippen LogP contribution is -2.20. The van der Waals surface area contributed by atoms with Gasteiger partial charge < -0.3 is 9.84 Å². The number of hydrogen-bond donors (Lipinski definition) is 1. The van der Waals surface area contributed by atoms with Gasteiger partial charge in [0.15, 0.2) is 6.10 Å². The first-order chi connectivity index (χ1) is 7.43. The first kappa shape index (κ1) is 13.1. The molecule has 88 valence electrons. The lowest BCUT2D eigenvalue weighted by molar-refractivity contribution is -0.150. The third kappa shape index (κ3) is 2.99. The SMILES string of the molecule is C[C@H](OCc1c(F)ccc(Br)c1F)C(=O)O. The molecule has 6 heteroatoms. The van der Waals surface area contributed by atoms with Gasteiger partial charge in [0.2, 0.25) is 0 Å². The summed E-state index contributed by atoms with van der Waals surface area (Å²) in [6, 6.07) is 2.31. The minimum atomic E-state index is -1.18. The van der Waals surface area contributed by atoms with Crippen molar-refractivity contribution >= 4 is 21.9 Å². The van der Waals surface area contributed by atoms with Crippen molar-refractivity contribution in [3.05, 3.63) is 33.8 Å². The maximum Gasteiger partial charge on any atom is 0.332 e. The molecule has 0 aliphatic heterocycles. The Labute approximate surface area is 99.2 Å². The third-order valence-electron chi connectivity index (χ3n) is 1.96. The Morgan fingerprint density at radius 3 is 2.75 bits per heavy atom. The van der Waals surface area contributed by atoms with Gasteiger partial charge in [0.25, 0.3) is 0 Å². The molecule has 16 heavy (non-hydrogen) atoms. The molecule has 0 aliphatic rings. The van der Waals surface area contributed by atoms with Gasteiger partial charge in [-0.25, -0.2) is 13.6 Å². The van der Waals surface area contributed by atoms with Gasteiger partial charge in [0.1, 0.15) is 11.6 Å². The van der Waals surface area contributed by atoms with Crippen LogP contribution in [0.4, 0.5) is 8.78 Å². The summed E-state index contributed by atoms with van der Waals surface area (Å²) in [6.45, 7) is 0.862. The zero-order chi connectivity index (χ0) is 12.3. The molecule has 1 rings (SSSR count). The standard InChI is InChI=1S/C10H9BrF2O3/c1-5(10(14)15)16-4-6-8(12)3-2-7(11)9(6)13/h2-3,5H,4H2,1H3,(H,14,15)/t5-/m0/s1. The largest absolute Gasteiger partial charge is 0.479 e. The van der Waals surface area contributed by atoms with Crippen molar-refractivity contribution in [2.24, 2.45) is 0 Å². The number of carboxylic acids is 1. The van der Waals surface area contributed by atoms with Crippen LogP contribution in [-0.2, 0) is 16.1 Å². The van der Waals surface area contributed by atoms with E-state index in [4.69, 9.17) is 9.84 Å². The highest BCUT2D eigenvalue weighted by molar-refractivity contribution is 9.10. The number of aliphatic carboxylic acids is 1. The van der Waals surface area contributed by atoms with E-state index >= 15 is 0 Å². The van der Waals surface area contributed by atoms with Crippen LogP contribution < -0.4 is 0 Å². The smallest absolute Gasteiger partial charge is 0.332 e. The maximum absolute atomic E-state index is 13.4. The predicted octanol–water partition coefficient (Wildman–Crippen LogP) is 2.72. The van der Waals surface area contributed by atoms with Crippen molar-refractivity contribution in [1.82, 2.24) is 0 Å². The summed E-state index contributed by atoms with van der Waals surface area (Å²) >= 11 is 2.90. The van der Waals surface area contributed by atoms with Gasteiger partial charge >= 0.3 is 5.97 Å². The number of halogens is 3. The van der Waals surface area contributed by atoms with E-state index in [0.717, 1.165) is 6.07 Å². The summed E-state index contributed by atoms with van der Waals surface area (Å²) in [4.78, 5) is 10.4. The highest BCUT2D eigenvalue weighted by Crippen LogP contribution is 2.22. The zero-order valence-corrected chi connectivity index (χ0v) is 9.92. The fraction of sp³-hybridized carbons (Fsp3) is 0.300. The summed E-state index contributed by atoms with van der Waals surface area (Å²) in [6.07, 6.45) is -1.11. The summed E-state index contributed by atoms with van der Waals surface area (Å²) < 4.78 is 31.5. The van der Waals surface area contributed by atoms with Crippen LogP contribution in [0.3, 0.4) is 0 Å². The van der Waals surface area contributed by atoms with E-state index in [9.17, 15) is 13.6 Å². The molecule has 1 aromatic carbocycles. The predicted molar refractivity (Wildman–Crippen MR) is 55.9 cm³/mol. The summed E-state index contributed by atoms with van der Waals surface area (Å²) in [5, 5.41) is 8.53. The van der Waals surface area contributed by atoms with Crippen molar-refractivity contribution < 1.29 is 23.4 Å². The molecule has 0 aliphatic carbocycles. The molecule has 0 heterocycles. The lowest BCUT2D eigenvalue weighted by atomic mass is 10.2. The molecule has 1 atom stereocenters. The van der Waals surface area contributed by atoms with Crippen LogP contribution in [0.2, 0.25) is 0 Å². The topological polar surface area (TPSA) is 46.5 Å². The molecule has 0 radical (unpaired) electrons. The van der Waals surface area contributed by atoms with Gasteiger partial charge in [-0.1, -0.05) is 0 Å². The number of benzene rings is 1. The van der Waals surface area contributed by atoms with Gasteiger partial charge in [-0.2, -0.15) is 0 Å². The Bertz CT molecular complexity index is 409. The lowest BCUT2D eigenvalue weighted by Gasteiger charge is -2.10. The van der Waals surface area contributed by atoms with Crippen molar-refractivity contribution in [2.45, 2.75) is 19.6 Å². The van der Waals surface area contributed by atoms with Crippen molar-refractivity contribution in [3.63, 3.8) is 0 Å². The van der Waals surface area contributed by atoms with E-state index in [2.05, 4.69) is 15.9 Å². The molecule has 1 N–H and O–H groups in total. The molecule has 1 aromatic rings. The summed E-state index contributed by atoms with van der Waals surface area (Å²) in [7, 11) is 0. The van der Waals surface area contributed by atoms with E-state index in [1.807, 2.05) is 0 Å². The van der Waals surface area contributed by atoms with E-state index < -0.39 is 30.3 Å². The molecule has 0 aromatic heterocycles. The number of rotatable bonds is 4. The van der Waals surface area contributed by atoms with Gasteiger partial charge in [-0.05, 0) is 35.0 Å². The fourth-order valence-electron chi connectivity index (χ4n) is 0.981. The van der Waals surface area contributed by atoms with Gasteiger partial charge in [-0.15, -0.1) is 0 Å². The van der Waals surface area contributed by atoms with Gasteiger partial charge in [-0.3, -0.25) is 0 Å². The number of ether oxygens (including phenoxy) is 1. The molecule has 0 amide bonds. The van der Waals surface area contributed by atoms with E-state index in [-0.39, 0.29) is 10.0 Å². The summed E-state index contributed by atoms with van der Waals surface area (Å²) in [5.74, 6) is -2.73. The quantitative estimate of drug-likeness (QED) is 0.869. The first-order valence-electron chi connectivity index (χ1n) is 4.40. The molecule has 0 bridgehead atoms. The normalized spacial score (nSPS) is 12.5. The van der Waals surface area contributed by atoms with Crippen LogP contribution in [0.15, 0.2) is 16.6 Å². The summed E-state index contributed by atoms with van der Waals surface area (Å²) in [5.41, 5.74) is -0.289. The Hall–Kier alpha value is -1.01. The highest BCUT2D eigenvalue weighted by Gasteiger charge is 2.16. The minimum absolute atomic E-state index is 0.107. The number of hydrogen-bond acceptors (Lipinski definition) is 2. The van der Waals surface area contributed by atoms with Crippen molar-refractivity contribution in [1.29, 1.82) is 0 Å². The van der Waals surface area contributed by atoms with E-state index in [1.165, 1.54) is 13.0 Å². The Morgan fingerprint density at radius 2 is 2.19 bits per heavy atom. The Morgan fingerprint density at radius 1 is 1.56 bits per heavy atom.